The molecule has 0 bridgehead atoms. The fraction of sp³-hybridized carbons (Fsp3) is 0.0465. The van der Waals surface area contributed by atoms with Gasteiger partial charge >= 0.3 is 0 Å². The summed E-state index contributed by atoms with van der Waals surface area (Å²) in [5, 5.41) is 7.73. The molecule has 0 unspecified atom stereocenters. The van der Waals surface area contributed by atoms with Gasteiger partial charge in [0.25, 0.3) is 0 Å². The van der Waals surface area contributed by atoms with E-state index in [9.17, 15) is 0 Å². The lowest BCUT2D eigenvalue weighted by Gasteiger charge is -2.22. The zero-order chi connectivity index (χ0) is 31.5. The van der Waals surface area contributed by atoms with E-state index in [1.807, 2.05) is 18.2 Å². The Morgan fingerprint density at radius 3 is 1.64 bits per heavy atom. The van der Waals surface area contributed by atoms with Gasteiger partial charge in [0, 0.05) is 16.7 Å². The smallest absolute Gasteiger partial charge is 0.164 e. The van der Waals surface area contributed by atoms with Crippen LogP contribution >= 0.6 is 0 Å². The average molecular weight is 618 g/mol. The van der Waals surface area contributed by atoms with Crippen LogP contribution in [0.15, 0.2) is 152 Å². The summed E-state index contributed by atoms with van der Waals surface area (Å²) in [4.78, 5) is 15.7. The average Bonchev–Trinajstić information content (AvgIpc) is 3.36. The van der Waals surface area contributed by atoms with E-state index in [0.29, 0.717) is 11.6 Å². The van der Waals surface area contributed by atoms with Crippen LogP contribution in [0.5, 0.6) is 0 Å². The number of hydrogen-bond acceptors (Lipinski definition) is 3. The SMILES string of the molecule is C[Si]1(C)c2cc3ccccc3cc2-c2cccc(-c3nc(-c4ccccc4)nc(-c4ccc(-c5ccccc5)c5ccccc45)n3)c21. The first kappa shape index (κ1) is 27.6. The van der Waals surface area contributed by atoms with Crippen molar-refractivity contribution in [2.75, 3.05) is 0 Å². The van der Waals surface area contributed by atoms with Crippen molar-refractivity contribution in [1.82, 2.24) is 15.0 Å². The fourth-order valence-electron chi connectivity index (χ4n) is 7.45. The Morgan fingerprint density at radius 2 is 0.915 bits per heavy atom. The molecule has 1 aliphatic heterocycles. The molecule has 4 heteroatoms. The van der Waals surface area contributed by atoms with Gasteiger partial charge in [-0.1, -0.05) is 153 Å². The highest BCUT2D eigenvalue weighted by molar-refractivity contribution is 7.04. The van der Waals surface area contributed by atoms with Crippen molar-refractivity contribution in [1.29, 1.82) is 0 Å². The van der Waals surface area contributed by atoms with E-state index < -0.39 is 8.07 Å². The Bertz CT molecular complexity index is 2490. The van der Waals surface area contributed by atoms with Crippen LogP contribution in [0.25, 0.3) is 78.0 Å². The second kappa shape index (κ2) is 10.7. The van der Waals surface area contributed by atoms with Crippen molar-refractivity contribution in [3.8, 4) is 56.4 Å². The van der Waals surface area contributed by atoms with Crippen molar-refractivity contribution in [2.45, 2.75) is 13.1 Å². The number of fused-ring (bicyclic) bond motifs is 5. The molecule has 3 nitrogen and oxygen atoms in total. The lowest BCUT2D eigenvalue weighted by molar-refractivity contribution is 1.08. The predicted molar refractivity (Wildman–Crippen MR) is 199 cm³/mol. The maximum absolute atomic E-state index is 5.31. The summed E-state index contributed by atoms with van der Waals surface area (Å²) in [7, 11) is -2.11. The normalized spacial score (nSPS) is 13.1. The van der Waals surface area contributed by atoms with E-state index >= 15 is 0 Å². The highest BCUT2D eigenvalue weighted by Gasteiger charge is 2.40. The van der Waals surface area contributed by atoms with Gasteiger partial charge in [0.05, 0.1) is 0 Å². The van der Waals surface area contributed by atoms with Gasteiger partial charge in [-0.05, 0) is 66.3 Å². The highest BCUT2D eigenvalue weighted by Crippen LogP contribution is 2.38. The molecule has 0 spiro atoms. The number of benzene rings is 7. The van der Waals surface area contributed by atoms with Crippen LogP contribution < -0.4 is 10.4 Å². The van der Waals surface area contributed by atoms with Crippen LogP contribution in [0.1, 0.15) is 0 Å². The molecular weight excluding hydrogens is 587 g/mol. The quantitative estimate of drug-likeness (QED) is 0.185. The van der Waals surface area contributed by atoms with Crippen molar-refractivity contribution in [3.63, 3.8) is 0 Å². The third-order valence-electron chi connectivity index (χ3n) is 9.70. The van der Waals surface area contributed by atoms with E-state index in [1.165, 1.54) is 48.8 Å². The number of rotatable bonds is 4. The van der Waals surface area contributed by atoms with Gasteiger partial charge in [0.15, 0.2) is 17.5 Å². The van der Waals surface area contributed by atoms with Gasteiger partial charge in [-0.25, -0.2) is 15.0 Å². The summed E-state index contributed by atoms with van der Waals surface area (Å²) in [5.74, 6) is 2.09. The molecule has 8 aromatic rings. The molecule has 0 saturated carbocycles. The van der Waals surface area contributed by atoms with Crippen molar-refractivity contribution in [3.05, 3.63) is 152 Å². The second-order valence-corrected chi connectivity index (χ2v) is 17.1. The van der Waals surface area contributed by atoms with Crippen LogP contribution in [0.4, 0.5) is 0 Å². The van der Waals surface area contributed by atoms with Gasteiger partial charge in [-0.2, -0.15) is 0 Å². The summed E-state index contributed by atoms with van der Waals surface area (Å²) < 4.78 is 0. The molecule has 0 atom stereocenters. The molecule has 0 radical (unpaired) electrons. The minimum absolute atomic E-state index is 0.681. The van der Waals surface area contributed by atoms with Crippen molar-refractivity contribution in [2.24, 2.45) is 0 Å². The Hall–Kier alpha value is -5.71. The van der Waals surface area contributed by atoms with E-state index in [1.54, 1.807) is 0 Å². The lowest BCUT2D eigenvalue weighted by atomic mass is 9.94. The third-order valence-corrected chi connectivity index (χ3v) is 13.2. The van der Waals surface area contributed by atoms with Gasteiger partial charge in [-0.3, -0.25) is 0 Å². The summed E-state index contributed by atoms with van der Waals surface area (Å²) in [6.07, 6.45) is 0. The molecule has 2 heterocycles. The van der Waals surface area contributed by atoms with Crippen molar-refractivity contribution >= 4 is 40.0 Å². The van der Waals surface area contributed by atoms with E-state index in [-0.39, 0.29) is 0 Å². The standard InChI is InChI=1S/C43H31N3Si/c1-47(2)39-27-31-19-10-9-18-30(31)26-38(39)35-22-13-23-37(40(35)47)43-45-41(29-16-7-4-8-17-29)44-42(46-43)36-25-24-32(28-14-5-3-6-15-28)33-20-11-12-21-34(33)36/h3-27H,1-2H3. The summed E-state index contributed by atoms with van der Waals surface area (Å²) in [6.45, 7) is 4.93. The Labute approximate surface area is 275 Å². The second-order valence-electron chi connectivity index (χ2n) is 12.8. The molecular formula is C43H31N3Si. The molecule has 7 aromatic carbocycles. The molecule has 1 aliphatic rings. The third kappa shape index (κ3) is 4.44. The maximum atomic E-state index is 5.31. The van der Waals surface area contributed by atoms with Gasteiger partial charge in [0.2, 0.25) is 0 Å². The van der Waals surface area contributed by atoms with Gasteiger partial charge in [-0.15, -0.1) is 0 Å². The van der Waals surface area contributed by atoms with Crippen LogP contribution in [0.2, 0.25) is 13.1 Å². The van der Waals surface area contributed by atoms with Crippen LogP contribution in [-0.4, -0.2) is 23.0 Å². The maximum Gasteiger partial charge on any atom is 0.164 e. The minimum Gasteiger partial charge on any atom is -0.208 e. The van der Waals surface area contributed by atoms with Gasteiger partial charge < -0.3 is 0 Å². The van der Waals surface area contributed by atoms with E-state index in [0.717, 1.165) is 27.9 Å². The van der Waals surface area contributed by atoms with Crippen molar-refractivity contribution < 1.29 is 0 Å². The first-order valence-electron chi connectivity index (χ1n) is 16.1. The summed E-state index contributed by atoms with van der Waals surface area (Å²) in [6, 6.07) is 53.9. The molecule has 222 valence electrons. The number of hydrogen-bond donors (Lipinski definition) is 0. The Balaban J connectivity index is 1.29. The monoisotopic (exact) mass is 617 g/mol. The van der Waals surface area contributed by atoms with Gasteiger partial charge in [0.1, 0.15) is 8.07 Å². The van der Waals surface area contributed by atoms with Crippen LogP contribution in [0.3, 0.4) is 0 Å². The minimum atomic E-state index is -2.11. The predicted octanol–water partition coefficient (Wildman–Crippen LogP) is 9.65. The molecule has 47 heavy (non-hydrogen) atoms. The summed E-state index contributed by atoms with van der Waals surface area (Å²) in [5.41, 5.74) is 8.11. The highest BCUT2D eigenvalue weighted by atomic mass is 28.3. The largest absolute Gasteiger partial charge is 0.208 e. The molecule has 9 rings (SSSR count). The van der Waals surface area contributed by atoms with E-state index in [2.05, 4.69) is 147 Å². The zero-order valence-electron chi connectivity index (χ0n) is 26.3. The molecule has 0 N–H and O–H groups in total. The van der Waals surface area contributed by atoms with Crippen LogP contribution in [-0.2, 0) is 0 Å². The molecule has 1 aromatic heterocycles. The Morgan fingerprint density at radius 1 is 0.383 bits per heavy atom. The molecule has 0 aliphatic carbocycles. The fourth-order valence-corrected chi connectivity index (χ4v) is 10.9. The molecule has 0 fully saturated rings. The first-order valence-corrected chi connectivity index (χ1v) is 19.1. The Kier molecular flexibility index (Phi) is 6.27. The van der Waals surface area contributed by atoms with Crippen LogP contribution in [0, 0.1) is 0 Å². The lowest BCUT2D eigenvalue weighted by Crippen LogP contribution is -2.50. The molecule has 0 amide bonds. The molecule has 0 saturated heterocycles. The van der Waals surface area contributed by atoms with E-state index in [4.69, 9.17) is 15.0 Å². The number of nitrogens with zero attached hydrogens (tertiary/aromatic N) is 3. The summed E-state index contributed by atoms with van der Waals surface area (Å²) >= 11 is 0. The first-order chi connectivity index (χ1) is 23.1. The number of aromatic nitrogens is 3. The zero-order valence-corrected chi connectivity index (χ0v) is 27.3. The topological polar surface area (TPSA) is 38.7 Å².